The molecule has 1 amide bonds. The van der Waals surface area contributed by atoms with E-state index in [4.69, 9.17) is 5.11 Å². The fraction of sp³-hybridized carbons (Fsp3) is 0.650. The lowest BCUT2D eigenvalue weighted by Crippen LogP contribution is -2.49. The van der Waals surface area contributed by atoms with Crippen molar-refractivity contribution in [3.63, 3.8) is 0 Å². The summed E-state index contributed by atoms with van der Waals surface area (Å²) < 4.78 is 14.5. The summed E-state index contributed by atoms with van der Waals surface area (Å²) in [7, 11) is 1.66. The Kier molecular flexibility index (Phi) is 7.74. The van der Waals surface area contributed by atoms with E-state index < -0.39 is 18.1 Å². The molecule has 7 nitrogen and oxygen atoms in total. The summed E-state index contributed by atoms with van der Waals surface area (Å²) >= 11 is 0. The molecule has 28 heavy (non-hydrogen) atoms. The summed E-state index contributed by atoms with van der Waals surface area (Å²) in [6, 6.07) is 1.78. The molecular weight excluding hydrogens is 365 g/mol. The molecule has 1 aromatic rings. The Morgan fingerprint density at radius 3 is 2.61 bits per heavy atom. The number of alkyl halides is 1. The zero-order valence-corrected chi connectivity index (χ0v) is 16.8. The van der Waals surface area contributed by atoms with Crippen molar-refractivity contribution in [3.8, 4) is 0 Å². The number of likely N-dealkylation sites (tertiary alicyclic amines) is 1. The van der Waals surface area contributed by atoms with Crippen LogP contribution in [0.25, 0.3) is 0 Å². The van der Waals surface area contributed by atoms with E-state index in [-0.39, 0.29) is 30.3 Å². The number of nitrogens with zero attached hydrogens (tertiary/aromatic N) is 2. The van der Waals surface area contributed by atoms with E-state index in [1.165, 1.54) is 4.57 Å². The van der Waals surface area contributed by atoms with Gasteiger partial charge in [0.2, 0.25) is 5.91 Å². The molecule has 0 saturated carbocycles. The predicted octanol–water partition coefficient (Wildman–Crippen LogP) is 1.30. The predicted molar refractivity (Wildman–Crippen MR) is 104 cm³/mol. The van der Waals surface area contributed by atoms with Crippen molar-refractivity contribution in [3.05, 3.63) is 33.7 Å². The van der Waals surface area contributed by atoms with Gasteiger partial charge in [0.05, 0.1) is 12.3 Å². The largest absolute Gasteiger partial charge is 0.481 e. The first-order valence-corrected chi connectivity index (χ1v) is 9.72. The number of carboxylic acid groups (broad SMARTS) is 1. The molecule has 1 aromatic heterocycles. The maximum absolute atomic E-state index is 13.0. The van der Waals surface area contributed by atoms with Crippen LogP contribution in [0.15, 0.2) is 17.1 Å². The number of halogens is 1. The molecule has 2 N–H and O–H groups in total. The van der Waals surface area contributed by atoms with Gasteiger partial charge < -0.3 is 15.0 Å². The van der Waals surface area contributed by atoms with Crippen LogP contribution in [0.5, 0.6) is 0 Å². The number of pyridine rings is 1. The summed E-state index contributed by atoms with van der Waals surface area (Å²) in [4.78, 5) is 38.1. The number of aromatic nitrogens is 1. The molecule has 0 bridgehead atoms. The van der Waals surface area contributed by atoms with Gasteiger partial charge in [-0.3, -0.25) is 19.3 Å². The van der Waals surface area contributed by atoms with Crippen molar-refractivity contribution in [2.45, 2.75) is 45.2 Å². The summed E-state index contributed by atoms with van der Waals surface area (Å²) in [5.74, 6) is -1.76. The molecule has 0 radical (unpaired) electrons. The standard InChI is InChI=1S/C20H30FN3O4/c1-13(2)8-16(19(27)22-6-4-18(25)26)17-9-14(10-23(3)20(17)28)5-7-24-11-15(21)12-24/h9-10,13,15-16H,4-8,11-12H2,1-3H3,(H,22,27)(H,25,26)/t16-/m0/s1. The van der Waals surface area contributed by atoms with Crippen LogP contribution in [0.4, 0.5) is 4.39 Å². The van der Waals surface area contributed by atoms with Crippen LogP contribution in [0.1, 0.15) is 43.7 Å². The minimum absolute atomic E-state index is 0.0299. The minimum atomic E-state index is -0.986. The van der Waals surface area contributed by atoms with Crippen LogP contribution in [-0.4, -0.2) is 58.8 Å². The Bertz CT molecular complexity index is 756. The normalized spacial score (nSPS) is 16.0. The van der Waals surface area contributed by atoms with Gasteiger partial charge in [-0.1, -0.05) is 13.8 Å². The van der Waals surface area contributed by atoms with Crippen molar-refractivity contribution in [2.24, 2.45) is 13.0 Å². The number of hydrogen-bond donors (Lipinski definition) is 2. The summed E-state index contributed by atoms with van der Waals surface area (Å²) in [6.07, 6.45) is 2.01. The maximum atomic E-state index is 13.0. The summed E-state index contributed by atoms with van der Waals surface area (Å²) in [6.45, 7) is 5.58. The molecule has 2 rings (SSSR count). The van der Waals surface area contributed by atoms with Crippen LogP contribution in [0.3, 0.4) is 0 Å². The Labute approximate surface area is 164 Å². The molecule has 156 valence electrons. The van der Waals surface area contributed by atoms with E-state index in [0.717, 1.165) is 5.56 Å². The second kappa shape index (κ2) is 9.82. The third-order valence-corrected chi connectivity index (χ3v) is 4.93. The second-order valence-corrected chi connectivity index (χ2v) is 7.94. The fourth-order valence-corrected chi connectivity index (χ4v) is 3.44. The molecule has 1 atom stereocenters. The molecule has 1 fully saturated rings. The smallest absolute Gasteiger partial charge is 0.305 e. The maximum Gasteiger partial charge on any atom is 0.305 e. The van der Waals surface area contributed by atoms with Crippen molar-refractivity contribution >= 4 is 11.9 Å². The van der Waals surface area contributed by atoms with Gasteiger partial charge in [-0.25, -0.2) is 4.39 Å². The van der Waals surface area contributed by atoms with Gasteiger partial charge in [-0.15, -0.1) is 0 Å². The third-order valence-electron chi connectivity index (χ3n) is 4.93. The third kappa shape index (κ3) is 6.15. The molecule has 0 spiro atoms. The highest BCUT2D eigenvalue weighted by molar-refractivity contribution is 5.84. The van der Waals surface area contributed by atoms with Crippen LogP contribution in [-0.2, 0) is 23.1 Å². The highest BCUT2D eigenvalue weighted by Crippen LogP contribution is 2.23. The van der Waals surface area contributed by atoms with E-state index in [1.807, 2.05) is 18.7 Å². The molecule has 0 unspecified atom stereocenters. The summed E-state index contributed by atoms with van der Waals surface area (Å²) in [5, 5.41) is 11.4. The molecule has 0 aromatic carbocycles. The van der Waals surface area contributed by atoms with Gasteiger partial charge in [-0.2, -0.15) is 0 Å². The molecule has 1 aliphatic rings. The Hall–Kier alpha value is -2.22. The van der Waals surface area contributed by atoms with E-state index >= 15 is 0 Å². The molecular formula is C20H30FN3O4. The number of carbonyl (C=O) groups is 2. The number of aliphatic carboxylic acids is 1. The van der Waals surface area contributed by atoms with Crippen molar-refractivity contribution in [1.82, 2.24) is 14.8 Å². The van der Waals surface area contributed by atoms with E-state index in [9.17, 15) is 18.8 Å². The van der Waals surface area contributed by atoms with Gasteiger partial charge >= 0.3 is 5.97 Å². The van der Waals surface area contributed by atoms with Gasteiger partial charge in [0, 0.05) is 45.0 Å². The lowest BCUT2D eigenvalue weighted by Gasteiger charge is -2.34. The minimum Gasteiger partial charge on any atom is -0.481 e. The SMILES string of the molecule is CC(C)C[C@H](C(=O)NCCC(=O)O)c1cc(CCN2CC(F)C2)cn(C)c1=O. The van der Waals surface area contributed by atoms with E-state index in [1.54, 1.807) is 19.3 Å². The monoisotopic (exact) mass is 395 g/mol. The first-order chi connectivity index (χ1) is 13.2. The lowest BCUT2D eigenvalue weighted by atomic mass is 9.89. The van der Waals surface area contributed by atoms with Crippen LogP contribution in [0.2, 0.25) is 0 Å². The lowest BCUT2D eigenvalue weighted by molar-refractivity contribution is -0.137. The topological polar surface area (TPSA) is 91.6 Å². The number of amides is 1. The average molecular weight is 395 g/mol. The van der Waals surface area contributed by atoms with Gasteiger partial charge in [0.25, 0.3) is 5.56 Å². The number of nitrogens with one attached hydrogen (secondary N) is 1. The first kappa shape index (κ1) is 22.1. The number of aryl methyl sites for hydroxylation is 1. The number of rotatable bonds is 10. The molecule has 8 heteroatoms. The average Bonchev–Trinajstić information content (AvgIpc) is 2.58. The Morgan fingerprint density at radius 1 is 1.36 bits per heavy atom. The molecule has 2 heterocycles. The van der Waals surface area contributed by atoms with Crippen LogP contribution < -0.4 is 10.9 Å². The Balaban J connectivity index is 2.18. The first-order valence-electron chi connectivity index (χ1n) is 9.72. The Morgan fingerprint density at radius 2 is 2.04 bits per heavy atom. The van der Waals surface area contributed by atoms with Gasteiger partial charge in [-0.05, 0) is 30.4 Å². The molecule has 1 saturated heterocycles. The molecule has 1 aliphatic heterocycles. The van der Waals surface area contributed by atoms with E-state index in [2.05, 4.69) is 5.32 Å². The van der Waals surface area contributed by atoms with Gasteiger partial charge in [0.15, 0.2) is 0 Å². The fourth-order valence-electron chi connectivity index (χ4n) is 3.44. The second-order valence-electron chi connectivity index (χ2n) is 7.94. The summed E-state index contributed by atoms with van der Waals surface area (Å²) in [5.41, 5.74) is 1.12. The van der Waals surface area contributed by atoms with E-state index in [0.29, 0.717) is 38.0 Å². The quantitative estimate of drug-likeness (QED) is 0.623. The van der Waals surface area contributed by atoms with Crippen molar-refractivity contribution in [1.29, 1.82) is 0 Å². The van der Waals surface area contributed by atoms with Crippen molar-refractivity contribution in [2.75, 3.05) is 26.2 Å². The number of hydrogen-bond acceptors (Lipinski definition) is 4. The number of carboxylic acids is 1. The highest BCUT2D eigenvalue weighted by Gasteiger charge is 2.27. The van der Waals surface area contributed by atoms with Gasteiger partial charge in [0.1, 0.15) is 6.17 Å². The molecule has 0 aliphatic carbocycles. The highest BCUT2D eigenvalue weighted by atomic mass is 19.1. The zero-order chi connectivity index (χ0) is 20.8. The van der Waals surface area contributed by atoms with Crippen molar-refractivity contribution < 1.29 is 19.1 Å². The number of carbonyl (C=O) groups excluding carboxylic acids is 1. The zero-order valence-electron chi connectivity index (χ0n) is 16.8. The van der Waals surface area contributed by atoms with Crippen LogP contribution in [0, 0.1) is 5.92 Å². The van der Waals surface area contributed by atoms with Crippen LogP contribution >= 0.6 is 0 Å².